The van der Waals surface area contributed by atoms with Gasteiger partial charge in [-0.15, -0.1) is 0 Å². The van der Waals surface area contributed by atoms with Crippen molar-refractivity contribution in [1.29, 1.82) is 0 Å². The van der Waals surface area contributed by atoms with E-state index in [0.29, 0.717) is 19.1 Å². The van der Waals surface area contributed by atoms with Gasteiger partial charge >= 0.3 is 0 Å². The molecule has 0 spiro atoms. The van der Waals surface area contributed by atoms with Crippen molar-refractivity contribution in [1.82, 2.24) is 5.32 Å². The monoisotopic (exact) mass is 242 g/mol. The van der Waals surface area contributed by atoms with Gasteiger partial charge in [0, 0.05) is 19.2 Å². The molecule has 1 aliphatic carbocycles. The van der Waals surface area contributed by atoms with Crippen molar-refractivity contribution in [2.75, 3.05) is 13.2 Å². The number of hydrogen-bond acceptors (Lipinski definition) is 3. The molecule has 0 radical (unpaired) electrons. The van der Waals surface area contributed by atoms with Crippen LogP contribution >= 0.6 is 0 Å². The summed E-state index contributed by atoms with van der Waals surface area (Å²) in [7, 11) is 0. The van der Waals surface area contributed by atoms with Gasteiger partial charge in [0.05, 0.1) is 0 Å². The maximum atomic E-state index is 11.9. The van der Waals surface area contributed by atoms with E-state index >= 15 is 0 Å². The van der Waals surface area contributed by atoms with E-state index in [-0.39, 0.29) is 18.1 Å². The summed E-state index contributed by atoms with van der Waals surface area (Å²) in [6.07, 6.45) is 5.83. The molecular formula is C13H26N2O2. The molecule has 1 amide bonds. The van der Waals surface area contributed by atoms with Crippen molar-refractivity contribution in [3.05, 3.63) is 0 Å². The Kier molecular flexibility index (Phi) is 6.52. The molecule has 0 saturated heterocycles. The summed E-state index contributed by atoms with van der Waals surface area (Å²) in [6.45, 7) is 4.76. The van der Waals surface area contributed by atoms with E-state index in [1.54, 1.807) is 6.92 Å². The summed E-state index contributed by atoms with van der Waals surface area (Å²) in [5.41, 5.74) is 5.77. The van der Waals surface area contributed by atoms with Crippen molar-refractivity contribution in [2.45, 2.75) is 58.1 Å². The molecule has 3 N–H and O–H groups in total. The second-order valence-electron chi connectivity index (χ2n) is 4.85. The van der Waals surface area contributed by atoms with E-state index in [4.69, 9.17) is 10.5 Å². The van der Waals surface area contributed by atoms with E-state index in [0.717, 1.165) is 0 Å². The summed E-state index contributed by atoms with van der Waals surface area (Å²) in [5.74, 6) is 0.513. The highest BCUT2D eigenvalue weighted by Crippen LogP contribution is 2.26. The topological polar surface area (TPSA) is 64.3 Å². The fourth-order valence-electron chi connectivity index (χ4n) is 2.53. The first kappa shape index (κ1) is 14.5. The van der Waals surface area contributed by atoms with Gasteiger partial charge in [-0.25, -0.2) is 0 Å². The number of amides is 1. The van der Waals surface area contributed by atoms with Crippen LogP contribution in [0.1, 0.15) is 46.0 Å². The maximum Gasteiger partial charge on any atom is 0.249 e. The number of ether oxygens (including phenoxy) is 1. The highest BCUT2D eigenvalue weighted by molar-refractivity contribution is 5.80. The molecule has 0 aromatic heterocycles. The highest BCUT2D eigenvalue weighted by atomic mass is 16.5. The Morgan fingerprint density at radius 2 is 2.06 bits per heavy atom. The minimum atomic E-state index is -0.377. The molecule has 1 fully saturated rings. The smallest absolute Gasteiger partial charge is 0.249 e. The Morgan fingerprint density at radius 1 is 1.41 bits per heavy atom. The lowest BCUT2D eigenvalue weighted by Crippen LogP contribution is -2.49. The minimum Gasteiger partial charge on any atom is -0.369 e. The zero-order valence-corrected chi connectivity index (χ0v) is 11.1. The summed E-state index contributed by atoms with van der Waals surface area (Å²) in [4.78, 5) is 11.9. The lowest BCUT2D eigenvalue weighted by Gasteiger charge is -2.30. The molecule has 0 bridgehead atoms. The van der Waals surface area contributed by atoms with Crippen LogP contribution in [-0.4, -0.2) is 31.2 Å². The Labute approximate surface area is 104 Å². The predicted octanol–water partition coefficient (Wildman–Crippen LogP) is 1.44. The first-order valence-corrected chi connectivity index (χ1v) is 6.81. The molecule has 1 aliphatic rings. The van der Waals surface area contributed by atoms with Crippen molar-refractivity contribution >= 4 is 5.91 Å². The summed E-state index contributed by atoms with van der Waals surface area (Å²) >= 11 is 0. The normalized spacial score (nSPS) is 20.9. The van der Waals surface area contributed by atoms with Crippen LogP contribution in [0.4, 0.5) is 0 Å². The van der Waals surface area contributed by atoms with Crippen molar-refractivity contribution in [3.63, 3.8) is 0 Å². The first-order chi connectivity index (χ1) is 8.19. The van der Waals surface area contributed by atoms with Gasteiger partial charge in [-0.1, -0.05) is 19.3 Å². The third-order valence-corrected chi connectivity index (χ3v) is 3.59. The molecule has 2 atom stereocenters. The van der Waals surface area contributed by atoms with E-state index < -0.39 is 0 Å². The molecule has 1 saturated carbocycles. The van der Waals surface area contributed by atoms with Crippen molar-refractivity contribution in [3.8, 4) is 0 Å². The van der Waals surface area contributed by atoms with Crippen LogP contribution < -0.4 is 11.1 Å². The quantitative estimate of drug-likeness (QED) is 0.740. The van der Waals surface area contributed by atoms with Gasteiger partial charge in [0.25, 0.3) is 0 Å². The Hall–Kier alpha value is -0.610. The Bertz CT molecular complexity index is 227. The second-order valence-corrected chi connectivity index (χ2v) is 4.85. The van der Waals surface area contributed by atoms with Gasteiger partial charge in [-0.05, 0) is 32.6 Å². The fraction of sp³-hybridized carbons (Fsp3) is 0.923. The number of hydrogen-bond donors (Lipinski definition) is 2. The van der Waals surface area contributed by atoms with Crippen LogP contribution in [0.2, 0.25) is 0 Å². The number of nitrogens with one attached hydrogen (secondary N) is 1. The van der Waals surface area contributed by atoms with Crippen LogP contribution in [0, 0.1) is 5.92 Å². The standard InChI is InChI=1S/C13H26N2O2/c1-3-17-10(2)13(16)15-12(9-14)11-7-5-4-6-8-11/h10-12H,3-9,14H2,1-2H3,(H,15,16). The molecule has 1 rings (SSSR count). The van der Waals surface area contributed by atoms with Crippen LogP contribution in [0.15, 0.2) is 0 Å². The largest absolute Gasteiger partial charge is 0.369 e. The van der Waals surface area contributed by atoms with Crippen LogP contribution in [0.25, 0.3) is 0 Å². The summed E-state index contributed by atoms with van der Waals surface area (Å²) in [6, 6.07) is 0.116. The first-order valence-electron chi connectivity index (χ1n) is 6.81. The molecule has 0 aliphatic heterocycles. The van der Waals surface area contributed by atoms with Gasteiger partial charge < -0.3 is 15.8 Å². The van der Waals surface area contributed by atoms with Gasteiger partial charge in [0.2, 0.25) is 5.91 Å². The molecule has 0 aromatic rings. The van der Waals surface area contributed by atoms with E-state index in [2.05, 4.69) is 5.32 Å². The number of nitrogens with two attached hydrogens (primary N) is 1. The van der Waals surface area contributed by atoms with Crippen LogP contribution in [-0.2, 0) is 9.53 Å². The minimum absolute atomic E-state index is 0.0344. The van der Waals surface area contributed by atoms with Crippen molar-refractivity contribution in [2.24, 2.45) is 11.7 Å². The molecule has 100 valence electrons. The lowest BCUT2D eigenvalue weighted by atomic mass is 9.84. The summed E-state index contributed by atoms with van der Waals surface area (Å²) in [5, 5.41) is 3.03. The van der Waals surface area contributed by atoms with Gasteiger partial charge in [-0.2, -0.15) is 0 Å². The number of carbonyl (C=O) groups is 1. The zero-order valence-electron chi connectivity index (χ0n) is 11.1. The molecule has 0 aromatic carbocycles. The molecule has 2 unspecified atom stereocenters. The molecule has 4 nitrogen and oxygen atoms in total. The third-order valence-electron chi connectivity index (χ3n) is 3.59. The zero-order chi connectivity index (χ0) is 12.7. The van der Waals surface area contributed by atoms with E-state index in [1.165, 1.54) is 32.1 Å². The SMILES string of the molecule is CCOC(C)C(=O)NC(CN)C1CCCCC1. The third kappa shape index (κ3) is 4.64. The van der Waals surface area contributed by atoms with Crippen LogP contribution in [0.3, 0.4) is 0 Å². The highest BCUT2D eigenvalue weighted by Gasteiger charge is 2.25. The lowest BCUT2D eigenvalue weighted by molar-refractivity contribution is -0.132. The van der Waals surface area contributed by atoms with E-state index in [9.17, 15) is 4.79 Å². The Balaban J connectivity index is 2.42. The number of rotatable bonds is 6. The van der Waals surface area contributed by atoms with Crippen molar-refractivity contribution < 1.29 is 9.53 Å². The molecule has 17 heavy (non-hydrogen) atoms. The summed E-state index contributed by atoms with van der Waals surface area (Å²) < 4.78 is 5.28. The Morgan fingerprint density at radius 3 is 2.59 bits per heavy atom. The average molecular weight is 242 g/mol. The molecule has 4 heteroatoms. The molecule has 0 heterocycles. The predicted molar refractivity (Wildman–Crippen MR) is 68.6 cm³/mol. The van der Waals surface area contributed by atoms with Crippen LogP contribution in [0.5, 0.6) is 0 Å². The van der Waals surface area contributed by atoms with E-state index in [1.807, 2.05) is 6.92 Å². The van der Waals surface area contributed by atoms with Gasteiger partial charge in [0.1, 0.15) is 6.10 Å². The number of carbonyl (C=O) groups excluding carboxylic acids is 1. The van der Waals surface area contributed by atoms with Gasteiger partial charge in [-0.3, -0.25) is 4.79 Å². The maximum absolute atomic E-state index is 11.9. The second kappa shape index (κ2) is 7.67. The van der Waals surface area contributed by atoms with Gasteiger partial charge in [0.15, 0.2) is 0 Å². The fourth-order valence-corrected chi connectivity index (χ4v) is 2.53. The average Bonchev–Trinajstić information content (AvgIpc) is 2.37. The molecular weight excluding hydrogens is 216 g/mol.